The van der Waals surface area contributed by atoms with Crippen molar-refractivity contribution in [3.8, 4) is 0 Å². The van der Waals surface area contributed by atoms with Crippen LogP contribution in [0.25, 0.3) is 5.65 Å². The monoisotopic (exact) mass is 189 g/mol. The van der Waals surface area contributed by atoms with E-state index >= 15 is 0 Å². The van der Waals surface area contributed by atoms with E-state index in [0.29, 0.717) is 13.1 Å². The lowest BCUT2D eigenvalue weighted by Crippen LogP contribution is -2.56. The van der Waals surface area contributed by atoms with E-state index in [1.54, 1.807) is 0 Å². The molecular weight excluding hydrogens is 178 g/mol. The Bertz CT molecular complexity index is 440. The molecule has 0 amide bonds. The van der Waals surface area contributed by atoms with Crippen LogP contribution < -0.4 is 5.32 Å². The molecule has 1 fully saturated rings. The van der Waals surface area contributed by atoms with Crippen molar-refractivity contribution in [2.75, 3.05) is 13.1 Å². The zero-order valence-electron chi connectivity index (χ0n) is 7.64. The van der Waals surface area contributed by atoms with Gasteiger partial charge in [-0.05, 0) is 12.1 Å². The number of pyridine rings is 1. The van der Waals surface area contributed by atoms with Crippen molar-refractivity contribution in [3.63, 3.8) is 0 Å². The summed E-state index contributed by atoms with van der Waals surface area (Å²) in [4.78, 5) is 4.38. The van der Waals surface area contributed by atoms with Crippen molar-refractivity contribution in [3.05, 3.63) is 36.3 Å². The topological polar surface area (TPSA) is 49.6 Å². The van der Waals surface area contributed by atoms with E-state index in [4.69, 9.17) is 0 Å². The minimum Gasteiger partial charge on any atom is -0.381 e. The van der Waals surface area contributed by atoms with Crippen molar-refractivity contribution in [2.45, 2.75) is 5.60 Å². The molecule has 0 aromatic carbocycles. The van der Waals surface area contributed by atoms with E-state index in [9.17, 15) is 5.11 Å². The molecule has 3 rings (SSSR count). The maximum Gasteiger partial charge on any atom is 0.137 e. The number of imidazole rings is 1. The second kappa shape index (κ2) is 2.56. The molecule has 1 aliphatic rings. The molecule has 1 saturated heterocycles. The molecule has 0 saturated carbocycles. The second-order valence-corrected chi connectivity index (χ2v) is 3.73. The number of fused-ring (bicyclic) bond motifs is 1. The van der Waals surface area contributed by atoms with Crippen LogP contribution in [0, 0.1) is 0 Å². The zero-order valence-corrected chi connectivity index (χ0v) is 7.64. The summed E-state index contributed by atoms with van der Waals surface area (Å²) >= 11 is 0. The summed E-state index contributed by atoms with van der Waals surface area (Å²) in [5.41, 5.74) is 0.872. The van der Waals surface area contributed by atoms with E-state index in [0.717, 1.165) is 11.3 Å². The minimum atomic E-state index is -0.758. The number of aromatic nitrogens is 2. The molecule has 4 nitrogen and oxygen atoms in total. The Morgan fingerprint density at radius 3 is 2.93 bits per heavy atom. The Balaban J connectivity index is 2.14. The third-order valence-electron chi connectivity index (χ3n) is 2.68. The lowest BCUT2D eigenvalue weighted by atomic mass is 9.94. The van der Waals surface area contributed by atoms with Crippen LogP contribution in [-0.2, 0) is 5.60 Å². The van der Waals surface area contributed by atoms with Crippen LogP contribution in [0.5, 0.6) is 0 Å². The van der Waals surface area contributed by atoms with Gasteiger partial charge in [0.15, 0.2) is 0 Å². The van der Waals surface area contributed by atoms with E-state index in [-0.39, 0.29) is 0 Å². The molecule has 0 radical (unpaired) electrons. The molecule has 2 aromatic rings. The normalized spacial score (nSPS) is 19.5. The van der Waals surface area contributed by atoms with Crippen LogP contribution >= 0.6 is 0 Å². The Morgan fingerprint density at radius 1 is 1.43 bits per heavy atom. The predicted molar refractivity (Wildman–Crippen MR) is 52.0 cm³/mol. The average Bonchev–Trinajstić information content (AvgIpc) is 2.57. The first kappa shape index (κ1) is 7.96. The number of β-amino-alcohol motifs (C(OH)–C–C–N with tert-alkyl or cyclic N) is 1. The highest BCUT2D eigenvalue weighted by molar-refractivity contribution is 5.41. The number of nitrogens with zero attached hydrogens (tertiary/aromatic N) is 2. The van der Waals surface area contributed by atoms with Crippen molar-refractivity contribution < 1.29 is 5.11 Å². The SMILES string of the molecule is OC1(c2cn3ccccc3n2)CNC1. The summed E-state index contributed by atoms with van der Waals surface area (Å²) in [6.45, 7) is 1.19. The summed E-state index contributed by atoms with van der Waals surface area (Å²) in [7, 11) is 0. The standard InChI is InChI=1S/C10H11N3O/c14-10(6-11-7-10)8-5-13-4-2-1-3-9(13)12-8/h1-5,11,14H,6-7H2. The molecule has 0 spiro atoms. The summed E-state index contributed by atoms with van der Waals surface area (Å²) in [6.07, 6.45) is 3.82. The van der Waals surface area contributed by atoms with E-state index in [1.807, 2.05) is 35.0 Å². The van der Waals surface area contributed by atoms with Gasteiger partial charge in [-0.1, -0.05) is 6.07 Å². The van der Waals surface area contributed by atoms with Crippen LogP contribution in [0.2, 0.25) is 0 Å². The smallest absolute Gasteiger partial charge is 0.137 e. The fourth-order valence-corrected chi connectivity index (χ4v) is 1.70. The predicted octanol–water partition coefficient (Wildman–Crippen LogP) is 0.125. The lowest BCUT2D eigenvalue weighted by molar-refractivity contribution is -0.0181. The van der Waals surface area contributed by atoms with Gasteiger partial charge in [-0.2, -0.15) is 0 Å². The molecule has 2 N–H and O–H groups in total. The van der Waals surface area contributed by atoms with Crippen molar-refractivity contribution in [2.24, 2.45) is 0 Å². The maximum atomic E-state index is 10.0. The van der Waals surface area contributed by atoms with Gasteiger partial charge in [-0.25, -0.2) is 4.98 Å². The van der Waals surface area contributed by atoms with Gasteiger partial charge in [0.1, 0.15) is 11.2 Å². The highest BCUT2D eigenvalue weighted by Gasteiger charge is 2.38. The number of nitrogens with one attached hydrogen (secondary N) is 1. The van der Waals surface area contributed by atoms with Crippen LogP contribution in [-0.4, -0.2) is 27.6 Å². The summed E-state index contributed by atoms with van der Waals surface area (Å²) < 4.78 is 1.92. The Hall–Kier alpha value is -1.39. The first-order chi connectivity index (χ1) is 6.78. The van der Waals surface area contributed by atoms with Crippen molar-refractivity contribution >= 4 is 5.65 Å². The van der Waals surface area contributed by atoms with Crippen LogP contribution in [0.15, 0.2) is 30.6 Å². The molecule has 0 aliphatic carbocycles. The molecule has 0 atom stereocenters. The number of aliphatic hydroxyl groups is 1. The average molecular weight is 189 g/mol. The Labute approximate surface area is 81.2 Å². The van der Waals surface area contributed by atoms with Crippen molar-refractivity contribution in [1.82, 2.24) is 14.7 Å². The third-order valence-corrected chi connectivity index (χ3v) is 2.68. The first-order valence-corrected chi connectivity index (χ1v) is 4.65. The van der Waals surface area contributed by atoms with Crippen LogP contribution in [0.3, 0.4) is 0 Å². The molecule has 72 valence electrons. The number of hydrogen-bond donors (Lipinski definition) is 2. The summed E-state index contributed by atoms with van der Waals surface area (Å²) in [5, 5.41) is 13.1. The van der Waals surface area contributed by atoms with Gasteiger partial charge in [-0.15, -0.1) is 0 Å². The quantitative estimate of drug-likeness (QED) is 0.670. The Morgan fingerprint density at radius 2 is 2.29 bits per heavy atom. The molecule has 0 bridgehead atoms. The van der Waals surface area contributed by atoms with Gasteiger partial charge in [0.2, 0.25) is 0 Å². The highest BCUT2D eigenvalue weighted by atomic mass is 16.3. The third kappa shape index (κ3) is 0.981. The maximum absolute atomic E-state index is 10.0. The molecular formula is C10H11N3O. The van der Waals surface area contributed by atoms with Gasteiger partial charge in [0, 0.05) is 25.5 Å². The van der Waals surface area contributed by atoms with Crippen molar-refractivity contribution in [1.29, 1.82) is 0 Å². The fourth-order valence-electron chi connectivity index (χ4n) is 1.70. The summed E-state index contributed by atoms with van der Waals surface area (Å²) in [6, 6.07) is 5.82. The minimum absolute atomic E-state index is 0.594. The van der Waals surface area contributed by atoms with Crippen LogP contribution in [0.1, 0.15) is 5.69 Å². The molecule has 1 aliphatic heterocycles. The van der Waals surface area contributed by atoms with E-state index in [1.165, 1.54) is 0 Å². The number of hydrogen-bond acceptors (Lipinski definition) is 3. The van der Waals surface area contributed by atoms with Crippen LogP contribution in [0.4, 0.5) is 0 Å². The largest absolute Gasteiger partial charge is 0.381 e. The van der Waals surface area contributed by atoms with Gasteiger partial charge in [0.25, 0.3) is 0 Å². The van der Waals surface area contributed by atoms with E-state index < -0.39 is 5.60 Å². The molecule has 2 aromatic heterocycles. The van der Waals surface area contributed by atoms with Gasteiger partial charge in [0.05, 0.1) is 5.69 Å². The van der Waals surface area contributed by atoms with E-state index in [2.05, 4.69) is 10.3 Å². The number of rotatable bonds is 1. The lowest BCUT2D eigenvalue weighted by Gasteiger charge is -2.35. The molecule has 14 heavy (non-hydrogen) atoms. The van der Waals surface area contributed by atoms with Gasteiger partial charge >= 0.3 is 0 Å². The molecule has 0 unspecified atom stereocenters. The zero-order chi connectivity index (χ0) is 9.60. The Kier molecular flexibility index (Phi) is 1.45. The summed E-state index contributed by atoms with van der Waals surface area (Å²) in [5.74, 6) is 0. The first-order valence-electron chi connectivity index (χ1n) is 4.65. The highest BCUT2D eigenvalue weighted by Crippen LogP contribution is 2.24. The molecule has 4 heteroatoms. The second-order valence-electron chi connectivity index (χ2n) is 3.73. The van der Waals surface area contributed by atoms with Gasteiger partial charge in [-0.3, -0.25) is 0 Å². The van der Waals surface area contributed by atoms with Gasteiger partial charge < -0.3 is 14.8 Å². The molecule has 3 heterocycles. The fraction of sp³-hybridized carbons (Fsp3) is 0.300.